The molecule has 0 fully saturated rings. The summed E-state index contributed by atoms with van der Waals surface area (Å²) in [6, 6.07) is 11.1. The van der Waals surface area contributed by atoms with Gasteiger partial charge in [0.15, 0.2) is 0 Å². The molecule has 0 saturated heterocycles. The molecule has 0 aliphatic heterocycles. The predicted octanol–water partition coefficient (Wildman–Crippen LogP) is 4.98. The van der Waals surface area contributed by atoms with E-state index in [2.05, 4.69) is 46.9 Å². The lowest BCUT2D eigenvalue weighted by Gasteiger charge is -2.28. The Labute approximate surface area is 175 Å². The molecule has 2 aromatic carbocycles. The van der Waals surface area contributed by atoms with E-state index in [-0.39, 0.29) is 22.5 Å². The molecule has 0 radical (unpaired) electrons. The topological polar surface area (TPSA) is 69.6 Å². The van der Waals surface area contributed by atoms with Crippen LogP contribution in [0.25, 0.3) is 0 Å². The fourth-order valence-corrected chi connectivity index (χ4v) is 3.34. The summed E-state index contributed by atoms with van der Waals surface area (Å²) in [5, 5.41) is 23.1. The predicted molar refractivity (Wildman–Crippen MR) is 119 cm³/mol. The summed E-state index contributed by atoms with van der Waals surface area (Å²) < 4.78 is 0. The highest BCUT2D eigenvalue weighted by Gasteiger charge is 2.26. The Morgan fingerprint density at radius 3 is 1.83 bits per heavy atom. The lowest BCUT2D eigenvalue weighted by atomic mass is 9.78. The summed E-state index contributed by atoms with van der Waals surface area (Å²) in [7, 11) is 0. The first-order valence-corrected chi connectivity index (χ1v) is 10.3. The van der Waals surface area contributed by atoms with Gasteiger partial charge in [0.05, 0.1) is 0 Å². The zero-order valence-corrected chi connectivity index (χ0v) is 18.6. The van der Waals surface area contributed by atoms with E-state index < -0.39 is 0 Å². The van der Waals surface area contributed by atoms with Crippen LogP contribution in [0.3, 0.4) is 0 Å². The van der Waals surface area contributed by atoms with Crippen LogP contribution in [-0.4, -0.2) is 22.7 Å². The second-order valence-corrected chi connectivity index (χ2v) is 9.81. The molecule has 4 nitrogen and oxygen atoms in total. The molecule has 0 aromatic heterocycles. The average molecular weight is 398 g/mol. The fourth-order valence-electron chi connectivity index (χ4n) is 3.34. The van der Waals surface area contributed by atoms with Crippen molar-refractivity contribution in [3.8, 4) is 11.5 Å². The number of aromatic hydroxyl groups is 2. The summed E-state index contributed by atoms with van der Waals surface area (Å²) >= 11 is 0. The highest BCUT2D eigenvalue weighted by atomic mass is 16.3. The van der Waals surface area contributed by atoms with E-state index in [9.17, 15) is 15.0 Å². The molecule has 0 aliphatic carbocycles. The number of phenolic OH excluding ortho intramolecular Hbond substituents is 2. The van der Waals surface area contributed by atoms with Gasteiger partial charge in [-0.15, -0.1) is 0 Å². The third-order valence-corrected chi connectivity index (χ3v) is 5.10. The number of hydrogen-bond acceptors (Lipinski definition) is 3. The van der Waals surface area contributed by atoms with Crippen molar-refractivity contribution < 1.29 is 15.0 Å². The van der Waals surface area contributed by atoms with Gasteiger partial charge in [0, 0.05) is 13.0 Å². The van der Waals surface area contributed by atoms with Crippen molar-refractivity contribution in [2.45, 2.75) is 71.6 Å². The first-order valence-electron chi connectivity index (χ1n) is 10.3. The SMILES string of the molecule is CC(C)(C)c1cc(CCC(=O)NCCc2ccc(O)cc2)cc(C(C)(C)C)c1O. The minimum absolute atomic E-state index is 0.0199. The third-order valence-electron chi connectivity index (χ3n) is 5.10. The second kappa shape index (κ2) is 8.89. The van der Waals surface area contributed by atoms with Crippen molar-refractivity contribution in [1.82, 2.24) is 5.32 Å². The Balaban J connectivity index is 2.01. The zero-order valence-electron chi connectivity index (χ0n) is 18.6. The Bertz CT molecular complexity index is 805. The van der Waals surface area contributed by atoms with Gasteiger partial charge < -0.3 is 15.5 Å². The molecule has 4 heteroatoms. The van der Waals surface area contributed by atoms with Crippen LogP contribution in [0, 0.1) is 0 Å². The summed E-state index contributed by atoms with van der Waals surface area (Å²) in [4.78, 5) is 12.3. The van der Waals surface area contributed by atoms with Crippen molar-refractivity contribution in [3.05, 3.63) is 58.7 Å². The maximum atomic E-state index is 12.3. The maximum absolute atomic E-state index is 12.3. The van der Waals surface area contributed by atoms with Gasteiger partial charge in [0.1, 0.15) is 11.5 Å². The number of hydrogen-bond donors (Lipinski definition) is 3. The number of phenols is 2. The van der Waals surface area contributed by atoms with Gasteiger partial charge in [-0.1, -0.05) is 65.8 Å². The van der Waals surface area contributed by atoms with E-state index in [1.165, 1.54) is 0 Å². The standard InChI is InChI=1S/C25H35NO3/c1-24(2,3)20-15-18(16-21(23(20)29)25(4,5)6)9-12-22(28)26-14-13-17-7-10-19(27)11-8-17/h7-8,10-11,15-16,27,29H,9,12-14H2,1-6H3,(H,26,28). The molecule has 0 heterocycles. The molecule has 0 saturated carbocycles. The van der Waals surface area contributed by atoms with E-state index in [4.69, 9.17) is 0 Å². The van der Waals surface area contributed by atoms with Gasteiger partial charge in [-0.25, -0.2) is 0 Å². The average Bonchev–Trinajstić information content (AvgIpc) is 2.60. The highest BCUT2D eigenvalue weighted by molar-refractivity contribution is 5.76. The molecule has 0 aliphatic rings. The monoisotopic (exact) mass is 397 g/mol. The first-order chi connectivity index (χ1) is 13.4. The molecule has 0 bridgehead atoms. The summed E-state index contributed by atoms with van der Waals surface area (Å²) in [5.41, 5.74) is 3.65. The first kappa shape index (κ1) is 22.8. The smallest absolute Gasteiger partial charge is 0.220 e. The molecule has 2 rings (SSSR count). The van der Waals surface area contributed by atoms with Crippen molar-refractivity contribution in [1.29, 1.82) is 0 Å². The Morgan fingerprint density at radius 1 is 0.828 bits per heavy atom. The number of rotatable bonds is 6. The largest absolute Gasteiger partial charge is 0.508 e. The van der Waals surface area contributed by atoms with E-state index in [0.717, 1.165) is 28.7 Å². The fraction of sp³-hybridized carbons (Fsp3) is 0.480. The van der Waals surface area contributed by atoms with Gasteiger partial charge in [0.2, 0.25) is 5.91 Å². The Morgan fingerprint density at radius 2 is 1.34 bits per heavy atom. The number of amides is 1. The molecule has 0 spiro atoms. The van der Waals surface area contributed by atoms with Gasteiger partial charge >= 0.3 is 0 Å². The summed E-state index contributed by atoms with van der Waals surface area (Å²) in [6.07, 6.45) is 1.78. The third kappa shape index (κ3) is 6.52. The van der Waals surface area contributed by atoms with Crippen molar-refractivity contribution in [2.75, 3.05) is 6.54 Å². The van der Waals surface area contributed by atoms with Crippen LogP contribution in [0.5, 0.6) is 11.5 Å². The Kier molecular flexibility index (Phi) is 6.99. The van der Waals surface area contributed by atoms with Gasteiger partial charge in [-0.05, 0) is 58.1 Å². The van der Waals surface area contributed by atoms with Crippen LogP contribution in [-0.2, 0) is 28.5 Å². The highest BCUT2D eigenvalue weighted by Crippen LogP contribution is 2.39. The van der Waals surface area contributed by atoms with Crippen LogP contribution in [0.1, 0.15) is 70.2 Å². The molecular formula is C25H35NO3. The van der Waals surface area contributed by atoms with Crippen LogP contribution < -0.4 is 5.32 Å². The number of carbonyl (C=O) groups is 1. The molecular weight excluding hydrogens is 362 g/mol. The minimum Gasteiger partial charge on any atom is -0.508 e. The van der Waals surface area contributed by atoms with Crippen molar-refractivity contribution >= 4 is 5.91 Å². The van der Waals surface area contributed by atoms with E-state index in [0.29, 0.717) is 25.1 Å². The molecule has 0 unspecified atom stereocenters. The quantitative estimate of drug-likeness (QED) is 0.643. The number of carbonyl (C=O) groups excluding carboxylic acids is 1. The number of benzene rings is 2. The van der Waals surface area contributed by atoms with Crippen LogP contribution in [0.2, 0.25) is 0 Å². The molecule has 158 valence electrons. The lowest BCUT2D eigenvalue weighted by Crippen LogP contribution is -2.26. The van der Waals surface area contributed by atoms with E-state index >= 15 is 0 Å². The van der Waals surface area contributed by atoms with Gasteiger partial charge in [0.25, 0.3) is 0 Å². The molecule has 0 atom stereocenters. The van der Waals surface area contributed by atoms with E-state index in [1.807, 2.05) is 24.3 Å². The lowest BCUT2D eigenvalue weighted by molar-refractivity contribution is -0.121. The zero-order chi connectivity index (χ0) is 21.8. The van der Waals surface area contributed by atoms with Crippen LogP contribution in [0.15, 0.2) is 36.4 Å². The number of nitrogens with one attached hydrogen (secondary N) is 1. The minimum atomic E-state index is -0.174. The van der Waals surface area contributed by atoms with Gasteiger partial charge in [-0.3, -0.25) is 4.79 Å². The summed E-state index contributed by atoms with van der Waals surface area (Å²) in [5.74, 6) is 0.634. The second-order valence-electron chi connectivity index (χ2n) is 9.81. The molecule has 2 aromatic rings. The van der Waals surface area contributed by atoms with Crippen LogP contribution in [0.4, 0.5) is 0 Å². The maximum Gasteiger partial charge on any atom is 0.220 e. The Hall–Kier alpha value is -2.49. The molecule has 3 N–H and O–H groups in total. The molecule has 29 heavy (non-hydrogen) atoms. The number of aryl methyl sites for hydroxylation is 1. The van der Waals surface area contributed by atoms with Crippen LogP contribution >= 0.6 is 0 Å². The summed E-state index contributed by atoms with van der Waals surface area (Å²) in [6.45, 7) is 13.1. The molecule has 1 amide bonds. The normalized spacial score (nSPS) is 12.1. The van der Waals surface area contributed by atoms with Crippen molar-refractivity contribution in [3.63, 3.8) is 0 Å². The van der Waals surface area contributed by atoms with Crippen molar-refractivity contribution in [2.24, 2.45) is 0 Å². The van der Waals surface area contributed by atoms with Gasteiger partial charge in [-0.2, -0.15) is 0 Å². The van der Waals surface area contributed by atoms with E-state index in [1.54, 1.807) is 12.1 Å².